The number of fused-ring (bicyclic) bond motifs is 2. The maximum Gasteiger partial charge on any atom is 0.176 e. The van der Waals surface area contributed by atoms with E-state index < -0.39 is 0 Å². The van der Waals surface area contributed by atoms with Gasteiger partial charge in [-0.25, -0.2) is 0 Å². The zero-order chi connectivity index (χ0) is 8.41. The van der Waals surface area contributed by atoms with Crippen LogP contribution in [0.15, 0.2) is 23.0 Å². The highest BCUT2D eigenvalue weighted by Gasteiger charge is 2.47. The van der Waals surface area contributed by atoms with E-state index in [1.165, 1.54) is 0 Å². The zero-order valence-electron chi connectivity index (χ0n) is 7.21. The molecule has 2 saturated heterocycles. The third kappa shape index (κ3) is 0.794. The van der Waals surface area contributed by atoms with E-state index in [1.54, 1.807) is 0 Å². The summed E-state index contributed by atoms with van der Waals surface area (Å²) in [4.78, 5) is 0. The number of allylic oxidation sites excluding steroid dienone is 2. The molecule has 0 radical (unpaired) electrons. The number of hydrogen-bond donors (Lipinski definition) is 0. The second-order valence-corrected chi connectivity index (χ2v) is 3.97. The molecule has 2 fully saturated rings. The van der Waals surface area contributed by atoms with Crippen molar-refractivity contribution in [3.05, 3.63) is 23.0 Å². The second-order valence-electron chi connectivity index (χ2n) is 3.97. The monoisotopic (exact) mass is 178 g/mol. The fourth-order valence-corrected chi connectivity index (χ4v) is 2.23. The van der Waals surface area contributed by atoms with Gasteiger partial charge in [-0.05, 0) is 12.8 Å². The fourth-order valence-electron chi connectivity index (χ4n) is 2.23. The fraction of sp³-hybridized carbons (Fsp3) is 0.600. The minimum Gasteiger partial charge on any atom is -0.479 e. The Morgan fingerprint density at radius 3 is 1.77 bits per heavy atom. The minimum atomic E-state index is 0.401. The normalized spacial score (nSPS) is 38.2. The van der Waals surface area contributed by atoms with Gasteiger partial charge in [-0.3, -0.25) is 0 Å². The maximum absolute atomic E-state index is 5.79. The lowest BCUT2D eigenvalue weighted by atomic mass is 10.3. The summed E-state index contributed by atoms with van der Waals surface area (Å²) in [7, 11) is 0. The summed E-state index contributed by atoms with van der Waals surface area (Å²) >= 11 is 0. The molecule has 13 heavy (non-hydrogen) atoms. The highest BCUT2D eigenvalue weighted by Crippen LogP contribution is 2.48. The van der Waals surface area contributed by atoms with E-state index in [1.807, 2.05) is 0 Å². The summed E-state index contributed by atoms with van der Waals surface area (Å²) < 4.78 is 16.4. The largest absolute Gasteiger partial charge is 0.479 e. The van der Waals surface area contributed by atoms with Gasteiger partial charge in [-0.1, -0.05) is 0 Å². The first-order valence-electron chi connectivity index (χ1n) is 4.89. The van der Waals surface area contributed by atoms with Gasteiger partial charge in [0.05, 0.1) is 0 Å². The van der Waals surface area contributed by atoms with Crippen LogP contribution >= 0.6 is 0 Å². The predicted octanol–water partition coefficient (Wildman–Crippen LogP) is 1.81. The lowest BCUT2D eigenvalue weighted by molar-refractivity contribution is 0.239. The molecule has 0 saturated carbocycles. The van der Waals surface area contributed by atoms with Gasteiger partial charge >= 0.3 is 0 Å². The summed E-state index contributed by atoms with van der Waals surface area (Å²) in [5.41, 5.74) is 0. The quantitative estimate of drug-likeness (QED) is 0.605. The van der Waals surface area contributed by atoms with Crippen LogP contribution in [0.4, 0.5) is 0 Å². The highest BCUT2D eigenvalue weighted by atomic mass is 16.6. The van der Waals surface area contributed by atoms with Crippen molar-refractivity contribution < 1.29 is 14.2 Å². The van der Waals surface area contributed by atoms with Gasteiger partial charge in [0.2, 0.25) is 0 Å². The molecular weight excluding hydrogens is 168 g/mol. The molecule has 68 valence electrons. The molecule has 0 aromatic rings. The van der Waals surface area contributed by atoms with Crippen molar-refractivity contribution in [1.29, 1.82) is 0 Å². The molecule has 0 aromatic heterocycles. The van der Waals surface area contributed by atoms with E-state index in [9.17, 15) is 0 Å². The van der Waals surface area contributed by atoms with Gasteiger partial charge in [-0.15, -0.1) is 0 Å². The van der Waals surface area contributed by atoms with Crippen LogP contribution in [0.25, 0.3) is 0 Å². The van der Waals surface area contributed by atoms with Crippen molar-refractivity contribution in [2.45, 2.75) is 37.9 Å². The molecule has 4 aliphatic rings. The Morgan fingerprint density at radius 1 is 0.923 bits per heavy atom. The average Bonchev–Trinajstić information content (AvgIpc) is 3.03. The van der Waals surface area contributed by atoms with Crippen LogP contribution in [0.5, 0.6) is 0 Å². The molecular formula is C10H10O3. The molecule has 3 nitrogen and oxygen atoms in total. The third-order valence-corrected chi connectivity index (χ3v) is 3.07. The van der Waals surface area contributed by atoms with E-state index in [2.05, 4.69) is 0 Å². The molecule has 3 heteroatoms. The molecule has 0 spiro atoms. The topological polar surface area (TPSA) is 34.3 Å². The summed E-state index contributed by atoms with van der Waals surface area (Å²) in [6, 6.07) is 0. The lowest BCUT2D eigenvalue weighted by Crippen LogP contribution is -1.91. The number of rotatable bonds is 2. The van der Waals surface area contributed by atoms with Gasteiger partial charge in [0.25, 0.3) is 0 Å². The van der Waals surface area contributed by atoms with Crippen molar-refractivity contribution in [3.63, 3.8) is 0 Å². The van der Waals surface area contributed by atoms with Crippen LogP contribution in [0.3, 0.4) is 0 Å². The first-order chi connectivity index (χ1) is 6.42. The SMILES string of the molecule is C1CC2OC2=C1OC1=C2OC2CC1. The zero-order valence-corrected chi connectivity index (χ0v) is 7.21. The lowest BCUT2D eigenvalue weighted by Gasteiger charge is -2.06. The first kappa shape index (κ1) is 6.35. The summed E-state index contributed by atoms with van der Waals surface area (Å²) in [5.74, 6) is 4.31. The Labute approximate surface area is 76.0 Å². The van der Waals surface area contributed by atoms with Crippen LogP contribution in [0.2, 0.25) is 0 Å². The van der Waals surface area contributed by atoms with Crippen molar-refractivity contribution in [1.82, 2.24) is 0 Å². The third-order valence-electron chi connectivity index (χ3n) is 3.07. The molecule has 2 unspecified atom stereocenters. The van der Waals surface area contributed by atoms with Crippen molar-refractivity contribution >= 4 is 0 Å². The summed E-state index contributed by atoms with van der Waals surface area (Å²) in [5, 5.41) is 0. The van der Waals surface area contributed by atoms with Crippen molar-refractivity contribution in [2.24, 2.45) is 0 Å². The highest BCUT2D eigenvalue weighted by molar-refractivity contribution is 5.30. The standard InChI is InChI=1S/C10H10O3/c1-3-7-9(12-7)5(1)11-6-2-4-8-10(6)13-8/h7-8H,1-4H2. The van der Waals surface area contributed by atoms with Gasteiger partial charge in [0.15, 0.2) is 23.7 Å². The van der Waals surface area contributed by atoms with E-state index in [0.29, 0.717) is 12.2 Å². The summed E-state index contributed by atoms with van der Waals surface area (Å²) in [6.07, 6.45) is 5.11. The van der Waals surface area contributed by atoms with Gasteiger partial charge in [0.1, 0.15) is 11.5 Å². The van der Waals surface area contributed by atoms with E-state index in [4.69, 9.17) is 14.2 Å². The van der Waals surface area contributed by atoms with Crippen LogP contribution < -0.4 is 0 Å². The van der Waals surface area contributed by atoms with Crippen LogP contribution in [-0.2, 0) is 14.2 Å². The average molecular weight is 178 g/mol. The summed E-state index contributed by atoms with van der Waals surface area (Å²) in [6.45, 7) is 0. The first-order valence-corrected chi connectivity index (χ1v) is 4.89. The van der Waals surface area contributed by atoms with Crippen molar-refractivity contribution in [2.75, 3.05) is 0 Å². The Balaban J connectivity index is 1.59. The van der Waals surface area contributed by atoms with Crippen LogP contribution in [0, 0.1) is 0 Å². The van der Waals surface area contributed by atoms with Crippen molar-refractivity contribution in [3.8, 4) is 0 Å². The van der Waals surface area contributed by atoms with E-state index in [-0.39, 0.29) is 0 Å². The molecule has 0 aromatic carbocycles. The van der Waals surface area contributed by atoms with Crippen LogP contribution in [0.1, 0.15) is 25.7 Å². The minimum absolute atomic E-state index is 0.401. The van der Waals surface area contributed by atoms with E-state index >= 15 is 0 Å². The molecule has 0 N–H and O–H groups in total. The second kappa shape index (κ2) is 1.86. The molecule has 2 aliphatic heterocycles. The molecule has 0 bridgehead atoms. The van der Waals surface area contributed by atoms with E-state index in [0.717, 1.165) is 48.7 Å². The predicted molar refractivity (Wildman–Crippen MR) is 43.4 cm³/mol. The molecule has 4 rings (SSSR count). The van der Waals surface area contributed by atoms with Crippen LogP contribution in [-0.4, -0.2) is 12.2 Å². The Bertz CT molecular complexity index is 319. The number of epoxide rings is 2. The number of hydrogen-bond acceptors (Lipinski definition) is 3. The molecule has 2 atom stereocenters. The smallest absolute Gasteiger partial charge is 0.176 e. The van der Waals surface area contributed by atoms with Gasteiger partial charge in [-0.2, -0.15) is 0 Å². The molecule has 0 amide bonds. The Morgan fingerprint density at radius 2 is 1.46 bits per heavy atom. The Hall–Kier alpha value is -1.12. The molecule has 2 heterocycles. The van der Waals surface area contributed by atoms with Gasteiger partial charge < -0.3 is 14.2 Å². The maximum atomic E-state index is 5.79. The Kier molecular flexibility index (Phi) is 0.910. The molecule has 2 aliphatic carbocycles. The number of ether oxygens (including phenoxy) is 3. The van der Waals surface area contributed by atoms with Gasteiger partial charge in [0, 0.05) is 12.8 Å².